The zero-order chi connectivity index (χ0) is 17.9. The van der Waals surface area contributed by atoms with E-state index in [2.05, 4.69) is 11.8 Å². The zero-order valence-corrected chi connectivity index (χ0v) is 14.3. The quantitative estimate of drug-likeness (QED) is 0.736. The molecule has 0 bridgehead atoms. The molecule has 2 heterocycles. The van der Waals surface area contributed by atoms with Crippen LogP contribution in [0.15, 0.2) is 48.5 Å². The third-order valence-electron chi connectivity index (χ3n) is 4.13. The van der Waals surface area contributed by atoms with Crippen LogP contribution in [0.3, 0.4) is 0 Å². The lowest BCUT2D eigenvalue weighted by Gasteiger charge is -2.30. The molecule has 1 atom stereocenters. The molecule has 2 aromatic carbocycles. The summed E-state index contributed by atoms with van der Waals surface area (Å²) in [6.07, 6.45) is 3.47. The van der Waals surface area contributed by atoms with Gasteiger partial charge in [0.1, 0.15) is 6.04 Å². The summed E-state index contributed by atoms with van der Waals surface area (Å²) in [6, 6.07) is 12.8. The predicted molar refractivity (Wildman–Crippen MR) is 98.2 cm³/mol. The van der Waals surface area contributed by atoms with E-state index < -0.39 is 12.1 Å². The molecule has 2 aliphatic heterocycles. The Kier molecular flexibility index (Phi) is 4.24. The number of anilines is 1. The molecule has 130 valence electrons. The molecule has 5 heteroatoms. The van der Waals surface area contributed by atoms with Gasteiger partial charge in [0.15, 0.2) is 11.5 Å². The van der Waals surface area contributed by atoms with Gasteiger partial charge in [0.25, 0.3) is 0 Å². The van der Waals surface area contributed by atoms with Crippen molar-refractivity contribution in [2.75, 3.05) is 18.3 Å². The first-order valence-electron chi connectivity index (χ1n) is 8.40. The fraction of sp³-hybridized carbons (Fsp3) is 0.190. The largest absolute Gasteiger partial charge is 0.454 e. The van der Waals surface area contributed by atoms with Crippen LogP contribution in [0, 0.1) is 11.8 Å². The van der Waals surface area contributed by atoms with Gasteiger partial charge in [0.05, 0.1) is 12.3 Å². The molecule has 0 fully saturated rings. The Morgan fingerprint density at radius 2 is 2.08 bits per heavy atom. The van der Waals surface area contributed by atoms with Crippen LogP contribution >= 0.6 is 0 Å². The number of ether oxygens (including phenoxy) is 3. The molecule has 0 saturated carbocycles. The SMILES string of the molecule is CCOC(=O)N1c2ccccc2C=C[C@H]1C#Cc1ccc2c(c1)OCO2. The number of benzene rings is 2. The Balaban J connectivity index is 1.66. The third-order valence-corrected chi connectivity index (χ3v) is 4.13. The summed E-state index contributed by atoms with van der Waals surface area (Å²) in [7, 11) is 0. The number of hydrogen-bond donors (Lipinski definition) is 0. The Bertz CT molecular complexity index is 939. The van der Waals surface area contributed by atoms with Crippen LogP contribution in [0.25, 0.3) is 6.08 Å². The van der Waals surface area contributed by atoms with Gasteiger partial charge < -0.3 is 14.2 Å². The fourth-order valence-corrected chi connectivity index (χ4v) is 2.93. The van der Waals surface area contributed by atoms with Gasteiger partial charge in [-0.1, -0.05) is 36.1 Å². The molecule has 0 radical (unpaired) electrons. The summed E-state index contributed by atoms with van der Waals surface area (Å²) in [5.74, 6) is 7.67. The maximum Gasteiger partial charge on any atom is 0.415 e. The second-order valence-electron chi connectivity index (χ2n) is 5.77. The molecule has 0 aromatic heterocycles. The van der Waals surface area contributed by atoms with Crippen molar-refractivity contribution in [3.05, 3.63) is 59.7 Å². The van der Waals surface area contributed by atoms with Crippen molar-refractivity contribution in [1.29, 1.82) is 0 Å². The van der Waals surface area contributed by atoms with Crippen LogP contribution in [0.5, 0.6) is 11.5 Å². The van der Waals surface area contributed by atoms with Crippen LogP contribution in [-0.2, 0) is 4.74 Å². The van der Waals surface area contributed by atoms with Crippen LogP contribution in [0.1, 0.15) is 18.1 Å². The van der Waals surface area contributed by atoms with E-state index in [1.807, 2.05) is 54.6 Å². The smallest absolute Gasteiger partial charge is 0.415 e. The molecular formula is C21H17NO4. The first kappa shape index (κ1) is 16.1. The van der Waals surface area contributed by atoms with Crippen molar-refractivity contribution in [2.24, 2.45) is 0 Å². The van der Waals surface area contributed by atoms with Gasteiger partial charge >= 0.3 is 6.09 Å². The van der Waals surface area contributed by atoms with E-state index in [0.717, 1.165) is 22.6 Å². The van der Waals surface area contributed by atoms with Gasteiger partial charge in [-0.15, -0.1) is 0 Å². The molecule has 1 amide bonds. The Labute approximate surface area is 151 Å². The molecule has 0 unspecified atom stereocenters. The molecule has 0 aliphatic carbocycles. The molecule has 4 rings (SSSR count). The topological polar surface area (TPSA) is 48.0 Å². The van der Waals surface area contributed by atoms with E-state index in [9.17, 15) is 4.79 Å². The highest BCUT2D eigenvalue weighted by Gasteiger charge is 2.27. The van der Waals surface area contributed by atoms with Gasteiger partial charge in [0.2, 0.25) is 6.79 Å². The van der Waals surface area contributed by atoms with E-state index in [-0.39, 0.29) is 6.79 Å². The summed E-state index contributed by atoms with van der Waals surface area (Å²) in [6.45, 7) is 2.32. The van der Waals surface area contributed by atoms with Crippen LogP contribution in [0.2, 0.25) is 0 Å². The highest BCUT2D eigenvalue weighted by atomic mass is 16.7. The number of amides is 1. The average molecular weight is 347 g/mol. The van der Waals surface area contributed by atoms with Gasteiger partial charge in [-0.2, -0.15) is 0 Å². The first-order chi connectivity index (χ1) is 12.8. The van der Waals surface area contributed by atoms with Gasteiger partial charge in [-0.25, -0.2) is 4.79 Å². The van der Waals surface area contributed by atoms with Gasteiger partial charge in [0, 0.05) is 5.56 Å². The minimum atomic E-state index is -0.408. The molecule has 2 aliphatic rings. The number of nitrogens with zero attached hydrogens (tertiary/aromatic N) is 1. The molecule has 5 nitrogen and oxygen atoms in total. The van der Waals surface area contributed by atoms with Crippen LogP contribution in [-0.4, -0.2) is 25.5 Å². The lowest BCUT2D eigenvalue weighted by atomic mass is 10.0. The molecule has 0 spiro atoms. The van der Waals surface area contributed by atoms with Crippen LogP contribution in [0.4, 0.5) is 10.5 Å². The standard InChI is InChI=1S/C21H17NO4/c1-2-24-21(23)22-17(11-9-16-5-3-4-6-18(16)22)10-7-15-8-12-19-20(13-15)26-14-25-19/h3-6,8-9,11-13,17H,2,14H2,1H3/t17-/m1/s1. The van der Waals surface area contributed by atoms with Crippen molar-refractivity contribution < 1.29 is 19.0 Å². The lowest BCUT2D eigenvalue weighted by Crippen LogP contribution is -2.41. The van der Waals surface area contributed by atoms with Crippen molar-refractivity contribution in [3.63, 3.8) is 0 Å². The van der Waals surface area contributed by atoms with E-state index in [0.29, 0.717) is 12.4 Å². The number of rotatable bonds is 1. The maximum atomic E-state index is 12.5. The summed E-state index contributed by atoms with van der Waals surface area (Å²) in [4.78, 5) is 14.1. The molecule has 0 saturated heterocycles. The maximum absolute atomic E-state index is 12.5. The predicted octanol–water partition coefficient (Wildman–Crippen LogP) is 3.83. The number of carbonyl (C=O) groups is 1. The monoisotopic (exact) mass is 347 g/mol. The van der Waals surface area contributed by atoms with Gasteiger partial charge in [-0.05, 0) is 42.8 Å². The minimum absolute atomic E-state index is 0.227. The van der Waals surface area contributed by atoms with E-state index in [1.54, 1.807) is 11.8 Å². The first-order valence-corrected chi connectivity index (χ1v) is 8.40. The van der Waals surface area contributed by atoms with Crippen LogP contribution < -0.4 is 14.4 Å². The number of carbonyl (C=O) groups excluding carboxylic acids is 1. The molecule has 0 N–H and O–H groups in total. The summed E-state index contributed by atoms with van der Waals surface area (Å²) >= 11 is 0. The van der Waals surface area contributed by atoms with E-state index in [1.165, 1.54) is 0 Å². The van der Waals surface area contributed by atoms with Crippen molar-refractivity contribution >= 4 is 17.9 Å². The van der Waals surface area contributed by atoms with Crippen molar-refractivity contribution in [2.45, 2.75) is 13.0 Å². The summed E-state index contributed by atoms with van der Waals surface area (Å²) in [5, 5.41) is 0. The zero-order valence-electron chi connectivity index (χ0n) is 14.3. The average Bonchev–Trinajstić information content (AvgIpc) is 3.13. The normalized spacial score (nSPS) is 16.5. The molecular weight excluding hydrogens is 330 g/mol. The number of fused-ring (bicyclic) bond motifs is 2. The highest BCUT2D eigenvalue weighted by molar-refractivity contribution is 5.94. The fourth-order valence-electron chi connectivity index (χ4n) is 2.93. The summed E-state index contributed by atoms with van der Waals surface area (Å²) in [5.41, 5.74) is 2.55. The van der Waals surface area contributed by atoms with Gasteiger partial charge in [-0.3, -0.25) is 4.90 Å². The Hall–Kier alpha value is -3.39. The third kappa shape index (κ3) is 2.98. The number of para-hydroxylation sites is 1. The Morgan fingerprint density at radius 3 is 2.96 bits per heavy atom. The highest BCUT2D eigenvalue weighted by Crippen LogP contribution is 2.32. The summed E-state index contributed by atoms with van der Waals surface area (Å²) < 4.78 is 15.9. The van der Waals surface area contributed by atoms with E-state index in [4.69, 9.17) is 14.2 Å². The lowest BCUT2D eigenvalue weighted by molar-refractivity contribution is 0.159. The number of hydrogen-bond acceptors (Lipinski definition) is 4. The van der Waals surface area contributed by atoms with Crippen molar-refractivity contribution in [1.82, 2.24) is 0 Å². The van der Waals surface area contributed by atoms with E-state index >= 15 is 0 Å². The minimum Gasteiger partial charge on any atom is -0.454 e. The van der Waals surface area contributed by atoms with Crippen molar-refractivity contribution in [3.8, 4) is 23.3 Å². The molecule has 2 aromatic rings. The Morgan fingerprint density at radius 1 is 1.23 bits per heavy atom. The molecule has 26 heavy (non-hydrogen) atoms. The second kappa shape index (κ2) is 6.85. The second-order valence-corrected chi connectivity index (χ2v) is 5.77.